The molecule has 0 aromatic carbocycles. The zero-order chi connectivity index (χ0) is 9.40. The van der Waals surface area contributed by atoms with E-state index in [-0.39, 0.29) is 13.2 Å². The second-order valence-electron chi connectivity index (χ2n) is 2.39. The molecule has 12 heavy (non-hydrogen) atoms. The van der Waals surface area contributed by atoms with Gasteiger partial charge in [0.1, 0.15) is 0 Å². The van der Waals surface area contributed by atoms with Gasteiger partial charge in [0, 0.05) is 20.2 Å². The molecule has 0 spiro atoms. The summed E-state index contributed by atoms with van der Waals surface area (Å²) in [5.41, 5.74) is 0. The van der Waals surface area contributed by atoms with Crippen molar-refractivity contribution in [3.05, 3.63) is 0 Å². The van der Waals surface area contributed by atoms with Gasteiger partial charge < -0.3 is 14.9 Å². The van der Waals surface area contributed by atoms with Gasteiger partial charge in [0.15, 0.2) is 0 Å². The fourth-order valence-electron chi connectivity index (χ4n) is 0.823. The number of aliphatic hydroxyl groups is 1. The molecule has 0 amide bonds. The predicted octanol–water partition coefficient (Wildman–Crippen LogP) is -0.988. The number of nitrogens with zero attached hydrogens (tertiary/aromatic N) is 1. The highest BCUT2D eigenvalue weighted by molar-refractivity contribution is 5.69. The maximum absolute atomic E-state index is 10.3. The SMILES string of the molecule is COCCN(CCO)CC(=O)O. The van der Waals surface area contributed by atoms with Gasteiger partial charge in [0.2, 0.25) is 0 Å². The van der Waals surface area contributed by atoms with E-state index in [1.165, 1.54) is 0 Å². The Morgan fingerprint density at radius 3 is 2.58 bits per heavy atom. The van der Waals surface area contributed by atoms with Gasteiger partial charge in [-0.25, -0.2) is 0 Å². The van der Waals surface area contributed by atoms with Crippen LogP contribution in [-0.4, -0.2) is 61.0 Å². The molecule has 0 aromatic rings. The highest BCUT2D eigenvalue weighted by Gasteiger charge is 2.07. The van der Waals surface area contributed by atoms with Crippen molar-refractivity contribution in [3.63, 3.8) is 0 Å². The summed E-state index contributed by atoms with van der Waals surface area (Å²) in [6.07, 6.45) is 0. The van der Waals surface area contributed by atoms with Gasteiger partial charge in [-0.2, -0.15) is 0 Å². The lowest BCUT2D eigenvalue weighted by atomic mass is 10.4. The molecule has 0 aliphatic rings. The first-order valence-electron chi connectivity index (χ1n) is 3.74. The first-order chi connectivity index (χ1) is 5.70. The van der Waals surface area contributed by atoms with E-state index in [1.54, 1.807) is 12.0 Å². The number of ether oxygens (including phenoxy) is 1. The third-order valence-corrected chi connectivity index (χ3v) is 1.39. The van der Waals surface area contributed by atoms with E-state index >= 15 is 0 Å². The van der Waals surface area contributed by atoms with Crippen LogP contribution >= 0.6 is 0 Å². The zero-order valence-corrected chi connectivity index (χ0v) is 7.19. The predicted molar refractivity (Wildman–Crippen MR) is 43.0 cm³/mol. The lowest BCUT2D eigenvalue weighted by Crippen LogP contribution is -2.34. The van der Waals surface area contributed by atoms with Gasteiger partial charge >= 0.3 is 5.97 Å². The van der Waals surface area contributed by atoms with Crippen molar-refractivity contribution in [1.82, 2.24) is 4.90 Å². The summed E-state index contributed by atoms with van der Waals surface area (Å²) in [6, 6.07) is 0. The van der Waals surface area contributed by atoms with Crippen LogP contribution in [0.2, 0.25) is 0 Å². The van der Waals surface area contributed by atoms with Gasteiger partial charge in [-0.15, -0.1) is 0 Å². The van der Waals surface area contributed by atoms with E-state index in [9.17, 15) is 4.79 Å². The molecular formula is C7H15NO4. The normalized spacial score (nSPS) is 10.6. The Hall–Kier alpha value is -0.650. The number of carboxylic acids is 1. The van der Waals surface area contributed by atoms with Crippen molar-refractivity contribution in [2.24, 2.45) is 0 Å². The highest BCUT2D eigenvalue weighted by Crippen LogP contribution is 1.87. The minimum absolute atomic E-state index is 0.0308. The molecule has 72 valence electrons. The number of rotatable bonds is 7. The standard InChI is InChI=1S/C7H15NO4/c1-12-5-3-8(2-4-9)6-7(10)11/h9H,2-6H2,1H3,(H,10,11). The first-order valence-corrected chi connectivity index (χ1v) is 3.74. The highest BCUT2D eigenvalue weighted by atomic mass is 16.5. The second kappa shape index (κ2) is 7.02. The minimum atomic E-state index is -0.889. The van der Waals surface area contributed by atoms with E-state index < -0.39 is 5.97 Å². The van der Waals surface area contributed by atoms with E-state index in [4.69, 9.17) is 14.9 Å². The van der Waals surface area contributed by atoms with Crippen LogP contribution in [0.5, 0.6) is 0 Å². The van der Waals surface area contributed by atoms with Gasteiger partial charge in [0.05, 0.1) is 19.8 Å². The molecule has 0 saturated heterocycles. The first kappa shape index (κ1) is 11.4. The van der Waals surface area contributed by atoms with Crippen LogP contribution in [0.3, 0.4) is 0 Å². The summed E-state index contributed by atoms with van der Waals surface area (Å²) in [6.45, 7) is 1.30. The Balaban J connectivity index is 3.61. The molecule has 0 aliphatic heterocycles. The molecule has 0 aromatic heterocycles. The summed E-state index contributed by atoms with van der Waals surface area (Å²) in [7, 11) is 1.55. The van der Waals surface area contributed by atoms with Gasteiger partial charge in [0.25, 0.3) is 0 Å². The maximum atomic E-state index is 10.3. The Kier molecular flexibility index (Phi) is 6.64. The van der Waals surface area contributed by atoms with Crippen LogP contribution in [0.4, 0.5) is 0 Å². The summed E-state index contributed by atoms with van der Waals surface area (Å²) < 4.78 is 4.78. The number of carboxylic acid groups (broad SMARTS) is 1. The van der Waals surface area contributed by atoms with E-state index in [0.29, 0.717) is 19.7 Å². The average Bonchev–Trinajstić information content (AvgIpc) is 2.00. The van der Waals surface area contributed by atoms with Crippen LogP contribution in [0.15, 0.2) is 0 Å². The third kappa shape index (κ3) is 6.09. The quantitative estimate of drug-likeness (QED) is 0.522. The number of carbonyl (C=O) groups is 1. The minimum Gasteiger partial charge on any atom is -0.480 e. The fourth-order valence-corrected chi connectivity index (χ4v) is 0.823. The molecule has 0 heterocycles. The molecule has 0 atom stereocenters. The van der Waals surface area contributed by atoms with Crippen molar-refractivity contribution in [2.75, 3.05) is 40.0 Å². The number of hydrogen-bond donors (Lipinski definition) is 2. The van der Waals surface area contributed by atoms with Crippen LogP contribution in [0.25, 0.3) is 0 Å². The summed E-state index contributed by atoms with van der Waals surface area (Å²) in [5, 5.41) is 17.0. The Morgan fingerprint density at radius 2 is 2.17 bits per heavy atom. The molecule has 5 nitrogen and oxygen atoms in total. The number of aliphatic hydroxyl groups excluding tert-OH is 1. The molecule has 0 unspecified atom stereocenters. The Labute approximate surface area is 71.6 Å². The summed E-state index contributed by atoms with van der Waals surface area (Å²) in [5.74, 6) is -0.889. The molecular weight excluding hydrogens is 162 g/mol. The monoisotopic (exact) mass is 177 g/mol. The van der Waals surface area contributed by atoms with Crippen LogP contribution in [-0.2, 0) is 9.53 Å². The molecule has 0 fully saturated rings. The zero-order valence-electron chi connectivity index (χ0n) is 7.19. The lowest BCUT2D eigenvalue weighted by molar-refractivity contribution is -0.138. The van der Waals surface area contributed by atoms with Crippen molar-refractivity contribution in [3.8, 4) is 0 Å². The second-order valence-corrected chi connectivity index (χ2v) is 2.39. The molecule has 0 rings (SSSR count). The van der Waals surface area contributed by atoms with Gasteiger partial charge in [-0.05, 0) is 0 Å². The van der Waals surface area contributed by atoms with Crippen LogP contribution in [0.1, 0.15) is 0 Å². The fraction of sp³-hybridized carbons (Fsp3) is 0.857. The van der Waals surface area contributed by atoms with E-state index in [2.05, 4.69) is 0 Å². The third-order valence-electron chi connectivity index (χ3n) is 1.39. The molecule has 2 N–H and O–H groups in total. The summed E-state index contributed by atoms with van der Waals surface area (Å²) in [4.78, 5) is 11.9. The summed E-state index contributed by atoms with van der Waals surface area (Å²) >= 11 is 0. The average molecular weight is 177 g/mol. The number of aliphatic carboxylic acids is 1. The van der Waals surface area contributed by atoms with E-state index in [0.717, 1.165) is 0 Å². The topological polar surface area (TPSA) is 70.0 Å². The maximum Gasteiger partial charge on any atom is 0.317 e. The molecule has 5 heteroatoms. The number of methoxy groups -OCH3 is 1. The van der Waals surface area contributed by atoms with Crippen molar-refractivity contribution >= 4 is 5.97 Å². The smallest absolute Gasteiger partial charge is 0.317 e. The molecule has 0 aliphatic carbocycles. The lowest BCUT2D eigenvalue weighted by Gasteiger charge is -2.17. The molecule has 0 bridgehead atoms. The van der Waals surface area contributed by atoms with Crippen molar-refractivity contribution in [1.29, 1.82) is 0 Å². The molecule has 0 radical (unpaired) electrons. The largest absolute Gasteiger partial charge is 0.480 e. The van der Waals surface area contributed by atoms with Gasteiger partial charge in [-0.1, -0.05) is 0 Å². The van der Waals surface area contributed by atoms with Crippen LogP contribution < -0.4 is 0 Å². The van der Waals surface area contributed by atoms with Gasteiger partial charge in [-0.3, -0.25) is 9.69 Å². The van der Waals surface area contributed by atoms with Crippen LogP contribution in [0, 0.1) is 0 Å². The van der Waals surface area contributed by atoms with Crippen molar-refractivity contribution in [2.45, 2.75) is 0 Å². The van der Waals surface area contributed by atoms with Crippen molar-refractivity contribution < 1.29 is 19.7 Å². The Morgan fingerprint density at radius 1 is 1.50 bits per heavy atom. The molecule has 0 saturated carbocycles. The Bertz CT molecular complexity index is 129. The number of hydrogen-bond acceptors (Lipinski definition) is 4. The van der Waals surface area contributed by atoms with E-state index in [1.807, 2.05) is 0 Å².